The van der Waals surface area contributed by atoms with E-state index in [4.69, 9.17) is 10.5 Å². The molecule has 0 saturated heterocycles. The molecule has 0 fully saturated rings. The largest absolute Gasteiger partial charge is 0.507 e. The predicted octanol–water partition coefficient (Wildman–Crippen LogP) is 4.44. The van der Waals surface area contributed by atoms with Crippen LogP contribution in [0, 0.1) is 5.41 Å². The number of hydrogen-bond acceptors (Lipinski definition) is 3. The quantitative estimate of drug-likeness (QED) is 0.875. The zero-order valence-electron chi connectivity index (χ0n) is 13.2. The fourth-order valence-electron chi connectivity index (χ4n) is 2.08. The number of rotatable bonds is 4. The highest BCUT2D eigenvalue weighted by atomic mass is 35.5. The predicted molar refractivity (Wildman–Crippen MR) is 92.5 cm³/mol. The lowest BCUT2D eigenvalue weighted by Gasteiger charge is -2.28. The van der Waals surface area contributed by atoms with E-state index in [2.05, 4.69) is 20.8 Å². The number of ether oxygens (including phenoxy) is 1. The van der Waals surface area contributed by atoms with Crippen molar-refractivity contribution < 1.29 is 9.84 Å². The van der Waals surface area contributed by atoms with Crippen molar-refractivity contribution in [2.75, 3.05) is 0 Å². The average Bonchev–Trinajstić information content (AvgIpc) is 2.45. The minimum absolute atomic E-state index is 0. The molecule has 0 aromatic heterocycles. The maximum atomic E-state index is 10.2. The highest BCUT2D eigenvalue weighted by Crippen LogP contribution is 2.36. The Labute approximate surface area is 138 Å². The number of halogens is 1. The summed E-state index contributed by atoms with van der Waals surface area (Å²) in [7, 11) is 0. The third-order valence-corrected chi connectivity index (χ3v) is 3.52. The van der Waals surface area contributed by atoms with Gasteiger partial charge in [0.05, 0.1) is 0 Å². The maximum Gasteiger partial charge on any atom is 0.124 e. The summed E-state index contributed by atoms with van der Waals surface area (Å²) in [5, 5.41) is 10.2. The van der Waals surface area contributed by atoms with Crippen LogP contribution in [-0.4, -0.2) is 5.11 Å². The molecular weight excluding hydrogens is 298 g/mol. The van der Waals surface area contributed by atoms with Crippen LogP contribution in [0.3, 0.4) is 0 Å². The molecule has 0 bridgehead atoms. The first-order chi connectivity index (χ1) is 9.88. The van der Waals surface area contributed by atoms with Crippen LogP contribution in [0.4, 0.5) is 0 Å². The maximum absolute atomic E-state index is 10.2. The molecule has 1 atom stereocenters. The average molecular weight is 322 g/mol. The van der Waals surface area contributed by atoms with E-state index in [0.29, 0.717) is 12.4 Å². The van der Waals surface area contributed by atoms with Crippen LogP contribution in [0.5, 0.6) is 11.5 Å². The molecule has 4 heteroatoms. The molecule has 2 aromatic carbocycles. The minimum Gasteiger partial charge on any atom is -0.507 e. The summed E-state index contributed by atoms with van der Waals surface area (Å²) in [6, 6.07) is 15.0. The van der Waals surface area contributed by atoms with Gasteiger partial charge in [0, 0.05) is 17.7 Å². The van der Waals surface area contributed by atoms with E-state index >= 15 is 0 Å². The van der Waals surface area contributed by atoms with Gasteiger partial charge in [-0.15, -0.1) is 12.4 Å². The summed E-state index contributed by atoms with van der Waals surface area (Å²) >= 11 is 0. The number of phenolic OH excluding ortho intramolecular Hbond substituents is 1. The molecule has 2 aromatic rings. The van der Waals surface area contributed by atoms with E-state index in [1.807, 2.05) is 42.5 Å². The molecule has 0 spiro atoms. The summed E-state index contributed by atoms with van der Waals surface area (Å²) in [4.78, 5) is 0. The monoisotopic (exact) mass is 321 g/mol. The standard InChI is InChI=1S/C18H23NO2.ClH/c1-18(2,3)17(19)15-10-9-14(11-16(15)20)21-12-13-7-5-4-6-8-13;/h4-11,17,20H,12,19H2,1-3H3;1H/t17-;/m1./s1. The van der Waals surface area contributed by atoms with Crippen molar-refractivity contribution in [2.24, 2.45) is 11.1 Å². The van der Waals surface area contributed by atoms with Gasteiger partial charge in [-0.3, -0.25) is 0 Å². The van der Waals surface area contributed by atoms with Gasteiger partial charge < -0.3 is 15.6 Å². The Balaban J connectivity index is 0.00000242. The van der Waals surface area contributed by atoms with E-state index in [1.54, 1.807) is 6.07 Å². The lowest BCUT2D eigenvalue weighted by Crippen LogP contribution is -2.26. The topological polar surface area (TPSA) is 55.5 Å². The smallest absolute Gasteiger partial charge is 0.124 e. The number of nitrogens with two attached hydrogens (primary N) is 1. The van der Waals surface area contributed by atoms with Crippen LogP contribution in [0.1, 0.15) is 37.9 Å². The molecule has 0 amide bonds. The first kappa shape index (κ1) is 18.3. The molecule has 2 rings (SSSR count). The van der Waals surface area contributed by atoms with Gasteiger partial charge in [0.2, 0.25) is 0 Å². The molecule has 22 heavy (non-hydrogen) atoms. The molecule has 0 aliphatic carbocycles. The Morgan fingerprint density at radius 3 is 2.27 bits per heavy atom. The van der Waals surface area contributed by atoms with Crippen molar-refractivity contribution in [2.45, 2.75) is 33.4 Å². The van der Waals surface area contributed by atoms with Crippen molar-refractivity contribution in [3.05, 3.63) is 59.7 Å². The number of phenols is 1. The molecule has 3 N–H and O–H groups in total. The Morgan fingerprint density at radius 1 is 1.09 bits per heavy atom. The molecule has 0 saturated carbocycles. The third kappa shape index (κ3) is 4.65. The highest BCUT2D eigenvalue weighted by Gasteiger charge is 2.24. The summed E-state index contributed by atoms with van der Waals surface area (Å²) in [6.07, 6.45) is 0. The fraction of sp³-hybridized carbons (Fsp3) is 0.333. The molecular formula is C18H24ClNO2. The van der Waals surface area contributed by atoms with Crippen molar-refractivity contribution in [1.29, 1.82) is 0 Å². The van der Waals surface area contributed by atoms with Gasteiger partial charge in [0.25, 0.3) is 0 Å². The van der Waals surface area contributed by atoms with E-state index < -0.39 is 0 Å². The van der Waals surface area contributed by atoms with Crippen molar-refractivity contribution in [3.63, 3.8) is 0 Å². The van der Waals surface area contributed by atoms with Crippen LogP contribution >= 0.6 is 12.4 Å². The molecule has 0 radical (unpaired) electrons. The minimum atomic E-state index is -0.222. The normalized spacial score (nSPS) is 12.4. The highest BCUT2D eigenvalue weighted by molar-refractivity contribution is 5.85. The van der Waals surface area contributed by atoms with Gasteiger partial charge in [-0.1, -0.05) is 57.2 Å². The first-order valence-corrected chi connectivity index (χ1v) is 7.13. The van der Waals surface area contributed by atoms with Crippen molar-refractivity contribution in [3.8, 4) is 11.5 Å². The van der Waals surface area contributed by atoms with Crippen LogP contribution in [-0.2, 0) is 6.61 Å². The zero-order chi connectivity index (χ0) is 15.5. The van der Waals surface area contributed by atoms with Gasteiger partial charge >= 0.3 is 0 Å². The van der Waals surface area contributed by atoms with Crippen molar-refractivity contribution >= 4 is 12.4 Å². The van der Waals surface area contributed by atoms with Gasteiger partial charge in [0.15, 0.2) is 0 Å². The summed E-state index contributed by atoms with van der Waals surface area (Å²) in [6.45, 7) is 6.63. The van der Waals surface area contributed by atoms with E-state index in [-0.39, 0.29) is 29.6 Å². The van der Waals surface area contributed by atoms with E-state index in [9.17, 15) is 5.11 Å². The molecule has 0 aliphatic rings. The lowest BCUT2D eigenvalue weighted by atomic mass is 9.83. The Morgan fingerprint density at radius 2 is 1.73 bits per heavy atom. The van der Waals surface area contributed by atoms with Crippen LogP contribution in [0.15, 0.2) is 48.5 Å². The fourth-order valence-corrected chi connectivity index (χ4v) is 2.08. The number of benzene rings is 2. The third-order valence-electron chi connectivity index (χ3n) is 3.52. The van der Waals surface area contributed by atoms with E-state index in [0.717, 1.165) is 11.1 Å². The van der Waals surface area contributed by atoms with E-state index in [1.165, 1.54) is 0 Å². The number of aromatic hydroxyl groups is 1. The van der Waals surface area contributed by atoms with Crippen LogP contribution in [0.25, 0.3) is 0 Å². The SMILES string of the molecule is CC(C)(C)[C@H](N)c1ccc(OCc2ccccc2)cc1O.Cl. The summed E-state index contributed by atoms with van der Waals surface area (Å²) in [5.41, 5.74) is 7.92. The lowest BCUT2D eigenvalue weighted by molar-refractivity contribution is 0.299. The molecule has 0 aliphatic heterocycles. The molecule has 120 valence electrons. The Kier molecular flexibility index (Phi) is 6.27. The molecule has 3 nitrogen and oxygen atoms in total. The molecule has 0 heterocycles. The Bertz CT molecular complexity index is 594. The second-order valence-corrected chi connectivity index (χ2v) is 6.34. The first-order valence-electron chi connectivity index (χ1n) is 7.13. The second-order valence-electron chi connectivity index (χ2n) is 6.34. The van der Waals surface area contributed by atoms with Gasteiger partial charge in [-0.25, -0.2) is 0 Å². The van der Waals surface area contributed by atoms with Gasteiger partial charge in [0.1, 0.15) is 18.1 Å². The number of hydrogen-bond donors (Lipinski definition) is 2. The van der Waals surface area contributed by atoms with Crippen LogP contribution < -0.4 is 10.5 Å². The van der Waals surface area contributed by atoms with Crippen LogP contribution in [0.2, 0.25) is 0 Å². The van der Waals surface area contributed by atoms with Gasteiger partial charge in [-0.05, 0) is 17.0 Å². The Hall–Kier alpha value is -1.71. The van der Waals surface area contributed by atoms with Gasteiger partial charge in [-0.2, -0.15) is 0 Å². The second kappa shape index (κ2) is 7.52. The zero-order valence-corrected chi connectivity index (χ0v) is 14.1. The van der Waals surface area contributed by atoms with Crippen molar-refractivity contribution in [1.82, 2.24) is 0 Å². The summed E-state index contributed by atoms with van der Waals surface area (Å²) in [5.74, 6) is 0.823. The molecule has 0 unspecified atom stereocenters. The summed E-state index contributed by atoms with van der Waals surface area (Å²) < 4.78 is 5.69.